The topological polar surface area (TPSA) is 78.4 Å². The SMILES string of the molecule is CNc1nc([C@H]2CCCN(S(=O)(=O)c3ccc(F)cc3C)C2)nc2c1CN(C)CC2. The van der Waals surface area contributed by atoms with E-state index in [-0.39, 0.29) is 10.8 Å². The highest BCUT2D eigenvalue weighted by atomic mass is 32.2. The van der Waals surface area contributed by atoms with Gasteiger partial charge in [0, 0.05) is 51.1 Å². The molecule has 3 heterocycles. The second kappa shape index (κ2) is 8.20. The molecule has 162 valence electrons. The molecule has 2 aliphatic rings. The standard InChI is InChI=1S/C21H28FN5O2S/c1-14-11-16(22)6-7-19(14)30(28,29)27-9-4-5-15(12-27)20-24-18-8-10-26(3)13-17(18)21(23-2)25-20/h6-7,11,15H,4-5,8-10,12-13H2,1-3H3,(H,23,24,25)/t15-/m0/s1. The van der Waals surface area contributed by atoms with Gasteiger partial charge in [-0.05, 0) is 50.6 Å². The lowest BCUT2D eigenvalue weighted by molar-refractivity contribution is 0.300. The average Bonchev–Trinajstić information content (AvgIpc) is 2.72. The summed E-state index contributed by atoms with van der Waals surface area (Å²) in [6.45, 7) is 4.16. The number of benzene rings is 1. The van der Waals surface area contributed by atoms with Gasteiger partial charge in [-0.15, -0.1) is 0 Å². The van der Waals surface area contributed by atoms with Gasteiger partial charge >= 0.3 is 0 Å². The molecule has 7 nitrogen and oxygen atoms in total. The monoisotopic (exact) mass is 433 g/mol. The van der Waals surface area contributed by atoms with Crippen LogP contribution >= 0.6 is 0 Å². The highest BCUT2D eigenvalue weighted by Crippen LogP contribution is 2.32. The molecule has 0 aliphatic carbocycles. The van der Waals surface area contributed by atoms with Crippen LogP contribution in [0.3, 0.4) is 0 Å². The van der Waals surface area contributed by atoms with E-state index in [1.165, 1.54) is 22.5 Å². The number of piperidine rings is 1. The maximum absolute atomic E-state index is 13.5. The fourth-order valence-corrected chi connectivity index (χ4v) is 6.10. The largest absolute Gasteiger partial charge is 0.373 e. The molecule has 0 unspecified atom stereocenters. The second-order valence-electron chi connectivity index (χ2n) is 8.21. The third-order valence-electron chi connectivity index (χ3n) is 6.01. The Bertz CT molecular complexity index is 1040. The lowest BCUT2D eigenvalue weighted by Crippen LogP contribution is -2.40. The number of rotatable bonds is 4. The summed E-state index contributed by atoms with van der Waals surface area (Å²) in [6.07, 6.45) is 2.44. The van der Waals surface area contributed by atoms with Crippen LogP contribution in [0.15, 0.2) is 23.1 Å². The summed E-state index contributed by atoms with van der Waals surface area (Å²) in [5.41, 5.74) is 2.60. The van der Waals surface area contributed by atoms with E-state index in [1.807, 2.05) is 7.05 Å². The number of sulfonamides is 1. The maximum atomic E-state index is 13.5. The molecule has 9 heteroatoms. The van der Waals surface area contributed by atoms with E-state index in [0.29, 0.717) is 24.5 Å². The van der Waals surface area contributed by atoms with Gasteiger partial charge in [0.15, 0.2) is 0 Å². The normalized spacial score (nSPS) is 20.7. The van der Waals surface area contributed by atoms with Crippen molar-refractivity contribution >= 4 is 15.8 Å². The Labute approximate surface area is 177 Å². The van der Waals surface area contributed by atoms with E-state index in [2.05, 4.69) is 17.3 Å². The Kier molecular flexibility index (Phi) is 5.78. The van der Waals surface area contributed by atoms with Gasteiger partial charge in [-0.1, -0.05) is 0 Å². The van der Waals surface area contributed by atoms with Crippen molar-refractivity contribution in [2.75, 3.05) is 39.0 Å². The van der Waals surface area contributed by atoms with Crippen LogP contribution < -0.4 is 5.32 Å². The summed E-state index contributed by atoms with van der Waals surface area (Å²) >= 11 is 0. The van der Waals surface area contributed by atoms with E-state index in [1.54, 1.807) is 6.92 Å². The minimum Gasteiger partial charge on any atom is -0.373 e. The molecule has 0 saturated carbocycles. The van der Waals surface area contributed by atoms with Crippen molar-refractivity contribution < 1.29 is 12.8 Å². The Hall–Kier alpha value is -2.10. The zero-order chi connectivity index (χ0) is 21.5. The zero-order valence-corrected chi connectivity index (χ0v) is 18.5. The predicted octanol–water partition coefficient (Wildman–Crippen LogP) is 2.52. The predicted molar refractivity (Wildman–Crippen MR) is 113 cm³/mol. The first-order valence-corrected chi connectivity index (χ1v) is 11.8. The smallest absolute Gasteiger partial charge is 0.243 e. The zero-order valence-electron chi connectivity index (χ0n) is 17.7. The summed E-state index contributed by atoms with van der Waals surface area (Å²) in [7, 11) is 0.236. The van der Waals surface area contributed by atoms with Crippen LogP contribution in [-0.2, 0) is 23.0 Å². The number of anilines is 1. The van der Waals surface area contributed by atoms with Gasteiger partial charge in [0.2, 0.25) is 10.0 Å². The molecule has 1 aromatic heterocycles. The Morgan fingerprint density at radius 2 is 2.03 bits per heavy atom. The molecule has 30 heavy (non-hydrogen) atoms. The van der Waals surface area contributed by atoms with Crippen molar-refractivity contribution in [1.29, 1.82) is 0 Å². The molecule has 0 bridgehead atoms. The minimum absolute atomic E-state index is 0.0636. The van der Waals surface area contributed by atoms with E-state index in [0.717, 1.165) is 49.4 Å². The quantitative estimate of drug-likeness (QED) is 0.798. The van der Waals surface area contributed by atoms with Crippen LogP contribution in [0, 0.1) is 12.7 Å². The Balaban J connectivity index is 1.63. The number of hydrogen-bond donors (Lipinski definition) is 1. The first-order chi connectivity index (χ1) is 14.3. The second-order valence-corrected chi connectivity index (χ2v) is 10.1. The molecule has 2 aliphatic heterocycles. The first kappa shape index (κ1) is 21.1. The number of nitrogens with one attached hydrogen (secondary N) is 1. The van der Waals surface area contributed by atoms with Crippen molar-refractivity contribution in [2.45, 2.75) is 43.5 Å². The first-order valence-electron chi connectivity index (χ1n) is 10.3. The van der Waals surface area contributed by atoms with Gasteiger partial charge in [0.25, 0.3) is 0 Å². The van der Waals surface area contributed by atoms with E-state index in [4.69, 9.17) is 9.97 Å². The number of aromatic nitrogens is 2. The summed E-state index contributed by atoms with van der Waals surface area (Å²) in [5.74, 6) is 1.04. The van der Waals surface area contributed by atoms with Gasteiger partial charge in [-0.3, -0.25) is 0 Å². The highest BCUT2D eigenvalue weighted by Gasteiger charge is 2.34. The third-order valence-corrected chi connectivity index (χ3v) is 8.03. The highest BCUT2D eigenvalue weighted by molar-refractivity contribution is 7.89. The van der Waals surface area contributed by atoms with Gasteiger partial charge < -0.3 is 10.2 Å². The summed E-state index contributed by atoms with van der Waals surface area (Å²) in [5, 5.41) is 3.19. The fourth-order valence-electron chi connectivity index (χ4n) is 4.37. The summed E-state index contributed by atoms with van der Waals surface area (Å²) < 4.78 is 41.4. The van der Waals surface area contributed by atoms with Crippen molar-refractivity contribution in [3.05, 3.63) is 46.7 Å². The molecule has 4 rings (SSSR count). The minimum atomic E-state index is -3.70. The van der Waals surface area contributed by atoms with Gasteiger partial charge in [0.1, 0.15) is 17.5 Å². The number of likely N-dealkylation sites (N-methyl/N-ethyl adjacent to an activating group) is 1. The van der Waals surface area contributed by atoms with Crippen molar-refractivity contribution in [3.8, 4) is 0 Å². The molecular weight excluding hydrogens is 405 g/mol. The van der Waals surface area contributed by atoms with Crippen LogP contribution in [-0.4, -0.2) is 61.3 Å². The van der Waals surface area contributed by atoms with E-state index in [9.17, 15) is 12.8 Å². The fraction of sp³-hybridized carbons (Fsp3) is 0.524. The molecule has 0 radical (unpaired) electrons. The van der Waals surface area contributed by atoms with Crippen LogP contribution in [0.25, 0.3) is 0 Å². The number of nitrogens with zero attached hydrogens (tertiary/aromatic N) is 4. The lowest BCUT2D eigenvalue weighted by atomic mass is 9.97. The van der Waals surface area contributed by atoms with Gasteiger partial charge in [0.05, 0.1) is 10.6 Å². The van der Waals surface area contributed by atoms with Gasteiger partial charge in [-0.2, -0.15) is 4.31 Å². The molecule has 1 fully saturated rings. The molecule has 1 atom stereocenters. The van der Waals surface area contributed by atoms with Crippen LogP contribution in [0.4, 0.5) is 10.2 Å². The number of hydrogen-bond acceptors (Lipinski definition) is 6. The molecule has 1 aromatic carbocycles. The molecule has 1 N–H and O–H groups in total. The Morgan fingerprint density at radius 3 is 2.77 bits per heavy atom. The average molecular weight is 434 g/mol. The molecule has 0 amide bonds. The molecular formula is C21H28FN5O2S. The summed E-state index contributed by atoms with van der Waals surface area (Å²) in [4.78, 5) is 12.0. The Morgan fingerprint density at radius 1 is 1.23 bits per heavy atom. The molecule has 2 aromatic rings. The van der Waals surface area contributed by atoms with Crippen LogP contribution in [0.2, 0.25) is 0 Å². The molecule has 0 spiro atoms. The molecule has 1 saturated heterocycles. The summed E-state index contributed by atoms with van der Waals surface area (Å²) in [6, 6.07) is 3.82. The van der Waals surface area contributed by atoms with Crippen molar-refractivity contribution in [1.82, 2.24) is 19.2 Å². The van der Waals surface area contributed by atoms with Gasteiger partial charge in [-0.25, -0.2) is 22.8 Å². The van der Waals surface area contributed by atoms with E-state index < -0.39 is 15.8 Å². The number of halogens is 1. The lowest BCUT2D eigenvalue weighted by Gasteiger charge is -2.33. The van der Waals surface area contributed by atoms with Crippen molar-refractivity contribution in [3.63, 3.8) is 0 Å². The number of fused-ring (bicyclic) bond motifs is 1. The van der Waals surface area contributed by atoms with E-state index >= 15 is 0 Å². The van der Waals surface area contributed by atoms with Crippen molar-refractivity contribution in [2.24, 2.45) is 0 Å². The van der Waals surface area contributed by atoms with Crippen LogP contribution in [0.5, 0.6) is 0 Å². The van der Waals surface area contributed by atoms with Crippen LogP contribution in [0.1, 0.15) is 41.4 Å². The number of aryl methyl sites for hydroxylation is 1. The third kappa shape index (κ3) is 3.93. The maximum Gasteiger partial charge on any atom is 0.243 e.